The summed E-state index contributed by atoms with van der Waals surface area (Å²) < 4.78 is 0. The molecule has 1 fully saturated rings. The van der Waals surface area contributed by atoms with Crippen LogP contribution >= 0.6 is 0 Å². The molecule has 0 aliphatic carbocycles. The Bertz CT molecular complexity index is 139. The Labute approximate surface area is 73.7 Å². The van der Waals surface area contributed by atoms with E-state index in [1.54, 1.807) is 0 Å². The highest BCUT2D eigenvalue weighted by molar-refractivity contribution is 5.86. The third-order valence-electron chi connectivity index (χ3n) is 1.84. The minimum Gasteiger partial charge on any atom is -0.400 e. The molecule has 12 heavy (non-hydrogen) atoms. The fourth-order valence-corrected chi connectivity index (χ4v) is 1.24. The third kappa shape index (κ3) is 3.53. The number of rotatable bonds is 1. The highest BCUT2D eigenvalue weighted by Gasteiger charge is 2.12. The quantitative estimate of drug-likeness (QED) is 0.593. The van der Waals surface area contributed by atoms with Crippen molar-refractivity contribution >= 4 is 5.91 Å². The van der Waals surface area contributed by atoms with Crippen LogP contribution in [-0.2, 0) is 4.79 Å². The highest BCUT2D eigenvalue weighted by Crippen LogP contribution is 2.08. The minimum atomic E-state index is 0.0831. The molecule has 1 aliphatic heterocycles. The lowest BCUT2D eigenvalue weighted by atomic mass is 10.1. The summed E-state index contributed by atoms with van der Waals surface area (Å²) >= 11 is 0. The van der Waals surface area contributed by atoms with Crippen molar-refractivity contribution in [1.82, 2.24) is 4.90 Å². The van der Waals surface area contributed by atoms with Crippen molar-refractivity contribution in [1.29, 1.82) is 0 Å². The molecule has 3 heteroatoms. The van der Waals surface area contributed by atoms with Gasteiger partial charge in [0.2, 0.25) is 5.91 Å². The molecule has 1 N–H and O–H groups in total. The van der Waals surface area contributed by atoms with Crippen molar-refractivity contribution in [3.63, 3.8) is 0 Å². The minimum absolute atomic E-state index is 0.0831. The molecule has 0 radical (unpaired) electrons. The van der Waals surface area contributed by atoms with Gasteiger partial charge in [-0.3, -0.25) is 4.79 Å². The van der Waals surface area contributed by atoms with Gasteiger partial charge < -0.3 is 10.0 Å². The van der Waals surface area contributed by atoms with Crippen molar-refractivity contribution in [3.05, 3.63) is 12.7 Å². The second-order valence-corrected chi connectivity index (χ2v) is 2.59. The van der Waals surface area contributed by atoms with Crippen molar-refractivity contribution < 1.29 is 9.90 Å². The largest absolute Gasteiger partial charge is 0.400 e. The van der Waals surface area contributed by atoms with Gasteiger partial charge in [-0.25, -0.2) is 0 Å². The second kappa shape index (κ2) is 6.85. The maximum atomic E-state index is 11.0. The molecular formula is C9H17NO2. The Balaban J connectivity index is 0.000000561. The molecule has 1 heterocycles. The number of aliphatic hydroxyl groups is 1. The molecule has 0 spiro atoms. The monoisotopic (exact) mass is 171 g/mol. The molecule has 1 saturated heterocycles. The number of likely N-dealkylation sites (tertiary alicyclic amines) is 1. The molecule has 3 nitrogen and oxygen atoms in total. The van der Waals surface area contributed by atoms with Crippen LogP contribution in [0.3, 0.4) is 0 Å². The van der Waals surface area contributed by atoms with Gasteiger partial charge in [-0.15, -0.1) is 0 Å². The first-order valence-corrected chi connectivity index (χ1v) is 4.20. The predicted octanol–water partition coefficient (Wildman–Crippen LogP) is 0.793. The number of aliphatic hydroxyl groups excluding tert-OH is 1. The fraction of sp³-hybridized carbons (Fsp3) is 0.667. The van der Waals surface area contributed by atoms with Gasteiger partial charge in [0.15, 0.2) is 0 Å². The van der Waals surface area contributed by atoms with Crippen LogP contribution in [0.25, 0.3) is 0 Å². The van der Waals surface area contributed by atoms with Crippen LogP contribution in [0.15, 0.2) is 12.7 Å². The lowest BCUT2D eigenvalue weighted by Gasteiger charge is -2.25. The zero-order valence-corrected chi connectivity index (χ0v) is 7.62. The average Bonchev–Trinajstić information content (AvgIpc) is 2.21. The molecule has 1 amide bonds. The van der Waals surface area contributed by atoms with Crippen LogP contribution in [0.5, 0.6) is 0 Å². The van der Waals surface area contributed by atoms with Crippen LogP contribution < -0.4 is 0 Å². The molecule has 0 aromatic heterocycles. The highest BCUT2D eigenvalue weighted by atomic mass is 16.2. The van der Waals surface area contributed by atoms with Crippen LogP contribution in [-0.4, -0.2) is 36.1 Å². The fourth-order valence-electron chi connectivity index (χ4n) is 1.24. The Morgan fingerprint density at radius 3 is 2.25 bits per heavy atom. The number of carbonyl (C=O) groups excluding carboxylic acids is 1. The predicted molar refractivity (Wildman–Crippen MR) is 48.8 cm³/mol. The Morgan fingerprint density at radius 1 is 1.33 bits per heavy atom. The molecule has 0 aromatic rings. The lowest BCUT2D eigenvalue weighted by molar-refractivity contribution is -0.126. The van der Waals surface area contributed by atoms with E-state index in [1.165, 1.54) is 12.5 Å². The third-order valence-corrected chi connectivity index (χ3v) is 1.84. The summed E-state index contributed by atoms with van der Waals surface area (Å²) in [6.07, 6.45) is 4.96. The van der Waals surface area contributed by atoms with Crippen molar-refractivity contribution in [2.45, 2.75) is 19.3 Å². The van der Waals surface area contributed by atoms with Gasteiger partial charge in [-0.1, -0.05) is 6.58 Å². The van der Waals surface area contributed by atoms with Crippen molar-refractivity contribution in [2.24, 2.45) is 0 Å². The molecular weight excluding hydrogens is 154 g/mol. The van der Waals surface area contributed by atoms with Crippen LogP contribution in [0, 0.1) is 0 Å². The standard InChI is InChI=1S/C8H13NO.CH4O/c1-2-8(10)9-6-4-3-5-7-9;1-2/h2H,1,3-7H2;2H,1H3. The zero-order chi connectivity index (χ0) is 9.40. The SMILES string of the molecule is C=CC(=O)N1CCCCC1.CO. The normalized spacial score (nSPS) is 16.0. The van der Waals surface area contributed by atoms with Crippen LogP contribution in [0.4, 0.5) is 0 Å². The summed E-state index contributed by atoms with van der Waals surface area (Å²) in [5.41, 5.74) is 0. The smallest absolute Gasteiger partial charge is 0.245 e. The van der Waals surface area contributed by atoms with Crippen molar-refractivity contribution in [3.8, 4) is 0 Å². The van der Waals surface area contributed by atoms with Gasteiger partial charge in [-0.05, 0) is 25.3 Å². The number of carbonyl (C=O) groups is 1. The van der Waals surface area contributed by atoms with E-state index in [-0.39, 0.29) is 5.91 Å². The summed E-state index contributed by atoms with van der Waals surface area (Å²) in [5.74, 6) is 0.0831. The number of piperidine rings is 1. The van der Waals surface area contributed by atoms with Gasteiger partial charge in [0.25, 0.3) is 0 Å². The van der Waals surface area contributed by atoms with Crippen LogP contribution in [0.1, 0.15) is 19.3 Å². The van der Waals surface area contributed by atoms with Gasteiger partial charge in [0.1, 0.15) is 0 Å². The lowest BCUT2D eigenvalue weighted by Crippen LogP contribution is -2.34. The first-order chi connectivity index (χ1) is 5.84. The molecule has 0 saturated carbocycles. The topological polar surface area (TPSA) is 40.5 Å². The molecule has 0 atom stereocenters. The summed E-state index contributed by atoms with van der Waals surface area (Å²) in [6.45, 7) is 5.29. The molecule has 0 aromatic carbocycles. The van der Waals surface area contributed by atoms with E-state index in [0.29, 0.717) is 0 Å². The van der Waals surface area contributed by atoms with E-state index in [2.05, 4.69) is 6.58 Å². The van der Waals surface area contributed by atoms with Gasteiger partial charge >= 0.3 is 0 Å². The molecule has 1 rings (SSSR count). The first kappa shape index (κ1) is 11.2. The van der Waals surface area contributed by atoms with E-state index in [0.717, 1.165) is 33.0 Å². The summed E-state index contributed by atoms with van der Waals surface area (Å²) in [5, 5.41) is 7.00. The van der Waals surface area contributed by atoms with E-state index < -0.39 is 0 Å². The number of amides is 1. The zero-order valence-electron chi connectivity index (χ0n) is 7.62. The number of hydrogen-bond donors (Lipinski definition) is 1. The van der Waals surface area contributed by atoms with Crippen LogP contribution in [0.2, 0.25) is 0 Å². The maximum Gasteiger partial charge on any atom is 0.245 e. The summed E-state index contributed by atoms with van der Waals surface area (Å²) in [7, 11) is 1.00. The van der Waals surface area contributed by atoms with E-state index in [1.807, 2.05) is 4.90 Å². The summed E-state index contributed by atoms with van der Waals surface area (Å²) in [6, 6.07) is 0. The second-order valence-electron chi connectivity index (χ2n) is 2.59. The Hall–Kier alpha value is -0.830. The Morgan fingerprint density at radius 2 is 1.83 bits per heavy atom. The molecule has 1 aliphatic rings. The van der Waals surface area contributed by atoms with E-state index in [9.17, 15) is 4.79 Å². The molecule has 0 unspecified atom stereocenters. The van der Waals surface area contributed by atoms with Gasteiger partial charge in [0, 0.05) is 20.2 Å². The van der Waals surface area contributed by atoms with E-state index in [4.69, 9.17) is 5.11 Å². The van der Waals surface area contributed by atoms with Gasteiger partial charge in [-0.2, -0.15) is 0 Å². The first-order valence-electron chi connectivity index (χ1n) is 4.20. The Kier molecular flexibility index (Phi) is 6.38. The molecule has 0 bridgehead atoms. The maximum absolute atomic E-state index is 11.0. The van der Waals surface area contributed by atoms with Gasteiger partial charge in [0.05, 0.1) is 0 Å². The number of hydrogen-bond acceptors (Lipinski definition) is 2. The summed E-state index contributed by atoms with van der Waals surface area (Å²) in [4.78, 5) is 12.8. The number of nitrogens with zero attached hydrogens (tertiary/aromatic N) is 1. The average molecular weight is 171 g/mol. The van der Waals surface area contributed by atoms with E-state index >= 15 is 0 Å². The van der Waals surface area contributed by atoms with Crippen molar-refractivity contribution in [2.75, 3.05) is 20.2 Å². The molecule has 70 valence electrons.